The number of carboxylic acids is 1. The van der Waals surface area contributed by atoms with Crippen LogP contribution >= 0.6 is 12.2 Å². The first-order chi connectivity index (χ1) is 10.6. The number of carboxylic acid groups (broad SMARTS) is 1. The second kappa shape index (κ2) is 7.56. The molecule has 0 aliphatic carbocycles. The van der Waals surface area contributed by atoms with Gasteiger partial charge in [0.15, 0.2) is 11.5 Å². The van der Waals surface area contributed by atoms with Crippen molar-refractivity contribution in [2.45, 2.75) is 13.0 Å². The second-order valence-electron chi connectivity index (χ2n) is 4.66. The molecule has 1 N–H and O–H groups in total. The van der Waals surface area contributed by atoms with Gasteiger partial charge >= 0.3 is 5.97 Å². The van der Waals surface area contributed by atoms with Gasteiger partial charge in [0.1, 0.15) is 11.5 Å². The topological polar surface area (TPSA) is 55.8 Å². The Kier molecular flexibility index (Phi) is 5.49. The molecule has 0 radical (unpaired) electrons. The van der Waals surface area contributed by atoms with E-state index in [1.54, 1.807) is 25.3 Å². The highest BCUT2D eigenvalue weighted by molar-refractivity contribution is 7.82. The van der Waals surface area contributed by atoms with Gasteiger partial charge in [-0.2, -0.15) is 0 Å². The third kappa shape index (κ3) is 4.30. The van der Waals surface area contributed by atoms with Crippen LogP contribution in [-0.4, -0.2) is 23.1 Å². The summed E-state index contributed by atoms with van der Waals surface area (Å²) in [5.74, 6) is 0.0938. The van der Waals surface area contributed by atoms with Crippen LogP contribution in [0.15, 0.2) is 48.5 Å². The highest BCUT2D eigenvalue weighted by Crippen LogP contribution is 2.29. The zero-order valence-electron chi connectivity index (χ0n) is 12.1. The van der Waals surface area contributed by atoms with Crippen molar-refractivity contribution >= 4 is 23.1 Å². The van der Waals surface area contributed by atoms with E-state index in [0.29, 0.717) is 18.1 Å². The maximum atomic E-state index is 10.8. The van der Waals surface area contributed by atoms with Gasteiger partial charge in [-0.25, -0.2) is 4.79 Å². The molecule has 0 fully saturated rings. The van der Waals surface area contributed by atoms with E-state index in [2.05, 4.69) is 0 Å². The van der Waals surface area contributed by atoms with E-state index >= 15 is 0 Å². The molecule has 22 heavy (non-hydrogen) atoms. The standard InChI is InChI=1S/C17H16O4S/c1-20-15-9-13(10-16(22)17(18)19)7-8-14(15)21-11-12-5-3-2-4-6-12/h2-9H,10-11H2,1H3,(H,18,19). The Balaban J connectivity index is 2.09. The van der Waals surface area contributed by atoms with Gasteiger partial charge in [0.25, 0.3) is 0 Å². The Morgan fingerprint density at radius 2 is 1.82 bits per heavy atom. The molecule has 0 unspecified atom stereocenters. The molecule has 5 heteroatoms. The number of carbonyl (C=O) groups is 1. The van der Waals surface area contributed by atoms with Crippen LogP contribution in [0.3, 0.4) is 0 Å². The maximum Gasteiger partial charge on any atom is 0.342 e. The van der Waals surface area contributed by atoms with E-state index in [4.69, 9.17) is 26.8 Å². The molecule has 0 heterocycles. The fraction of sp³-hybridized carbons (Fsp3) is 0.176. The molecule has 2 aromatic rings. The van der Waals surface area contributed by atoms with Crippen LogP contribution in [0.2, 0.25) is 0 Å². The molecule has 2 aromatic carbocycles. The highest BCUT2D eigenvalue weighted by atomic mass is 32.1. The molecule has 2 rings (SSSR count). The summed E-state index contributed by atoms with van der Waals surface area (Å²) >= 11 is 4.82. The number of thiocarbonyl (C=S) groups is 1. The largest absolute Gasteiger partial charge is 0.493 e. The van der Waals surface area contributed by atoms with Crippen molar-refractivity contribution in [3.05, 3.63) is 59.7 Å². The number of aliphatic carboxylic acids is 1. The molecule has 0 saturated carbocycles. The summed E-state index contributed by atoms with van der Waals surface area (Å²) in [6.45, 7) is 0.435. The van der Waals surface area contributed by atoms with E-state index in [0.717, 1.165) is 11.1 Å². The minimum Gasteiger partial charge on any atom is -0.493 e. The van der Waals surface area contributed by atoms with E-state index in [9.17, 15) is 4.79 Å². The van der Waals surface area contributed by atoms with Crippen molar-refractivity contribution in [2.75, 3.05) is 7.11 Å². The molecule has 4 nitrogen and oxygen atoms in total. The smallest absolute Gasteiger partial charge is 0.342 e. The average Bonchev–Trinajstić information content (AvgIpc) is 2.54. The van der Waals surface area contributed by atoms with Crippen LogP contribution in [0.4, 0.5) is 0 Å². The highest BCUT2D eigenvalue weighted by Gasteiger charge is 2.11. The van der Waals surface area contributed by atoms with Gasteiger partial charge in [-0.3, -0.25) is 0 Å². The zero-order chi connectivity index (χ0) is 15.9. The SMILES string of the molecule is COc1cc(CC(=S)C(=O)O)ccc1OCc1ccccc1. The van der Waals surface area contributed by atoms with Crippen LogP contribution in [0.1, 0.15) is 11.1 Å². The van der Waals surface area contributed by atoms with Crippen molar-refractivity contribution in [3.8, 4) is 11.5 Å². The van der Waals surface area contributed by atoms with Crippen molar-refractivity contribution in [1.82, 2.24) is 0 Å². The molecule has 0 spiro atoms. The molecule has 0 aliphatic heterocycles. The van der Waals surface area contributed by atoms with E-state index in [1.807, 2.05) is 30.3 Å². The second-order valence-corrected chi connectivity index (χ2v) is 5.16. The van der Waals surface area contributed by atoms with Crippen molar-refractivity contribution < 1.29 is 19.4 Å². The molecular weight excluding hydrogens is 300 g/mol. The Morgan fingerprint density at radius 1 is 1.09 bits per heavy atom. The molecule has 0 aromatic heterocycles. The molecule has 0 bridgehead atoms. The Morgan fingerprint density at radius 3 is 2.45 bits per heavy atom. The first kappa shape index (κ1) is 16.0. The van der Waals surface area contributed by atoms with Crippen molar-refractivity contribution in [1.29, 1.82) is 0 Å². The van der Waals surface area contributed by atoms with Crippen LogP contribution < -0.4 is 9.47 Å². The molecule has 0 amide bonds. The minimum atomic E-state index is -1.07. The summed E-state index contributed by atoms with van der Waals surface area (Å²) in [5, 5.41) is 8.84. The number of benzene rings is 2. The van der Waals surface area contributed by atoms with Gasteiger partial charge in [-0.05, 0) is 23.3 Å². The number of hydrogen-bond acceptors (Lipinski definition) is 4. The minimum absolute atomic E-state index is 0.0278. The molecule has 114 valence electrons. The predicted octanol–water partition coefficient (Wildman–Crippen LogP) is 3.27. The molecule has 0 aliphatic rings. The molecular formula is C17H16O4S. The lowest BCUT2D eigenvalue weighted by molar-refractivity contribution is -0.129. The summed E-state index contributed by atoms with van der Waals surface area (Å²) < 4.78 is 11.0. The summed E-state index contributed by atoms with van der Waals surface area (Å²) in [6.07, 6.45) is 0.194. The Hall–Kier alpha value is -2.40. The monoisotopic (exact) mass is 316 g/mol. The lowest BCUT2D eigenvalue weighted by Gasteiger charge is -2.12. The number of methoxy groups -OCH3 is 1. The first-order valence-electron chi connectivity index (χ1n) is 6.70. The predicted molar refractivity (Wildman–Crippen MR) is 87.7 cm³/mol. The lowest BCUT2D eigenvalue weighted by atomic mass is 10.1. The van der Waals surface area contributed by atoms with Gasteiger partial charge < -0.3 is 14.6 Å². The summed E-state index contributed by atoms with van der Waals surface area (Å²) in [4.78, 5) is 10.8. The third-order valence-electron chi connectivity index (χ3n) is 3.07. The van der Waals surface area contributed by atoms with Crippen LogP contribution in [0.25, 0.3) is 0 Å². The average molecular weight is 316 g/mol. The summed E-state index contributed by atoms with van der Waals surface area (Å²) in [5.41, 5.74) is 1.83. The van der Waals surface area contributed by atoms with Crippen molar-refractivity contribution in [2.24, 2.45) is 0 Å². The number of ether oxygens (including phenoxy) is 2. The number of rotatable bonds is 7. The first-order valence-corrected chi connectivity index (χ1v) is 7.10. The molecule has 0 saturated heterocycles. The van der Waals surface area contributed by atoms with Crippen LogP contribution in [0, 0.1) is 0 Å². The third-order valence-corrected chi connectivity index (χ3v) is 3.39. The van der Waals surface area contributed by atoms with Crippen LogP contribution in [-0.2, 0) is 17.8 Å². The lowest BCUT2D eigenvalue weighted by Crippen LogP contribution is -2.12. The Labute approximate surface area is 134 Å². The normalized spacial score (nSPS) is 10.0. The van der Waals surface area contributed by atoms with E-state index in [1.165, 1.54) is 0 Å². The van der Waals surface area contributed by atoms with Gasteiger partial charge in [0.05, 0.1) is 7.11 Å². The van der Waals surface area contributed by atoms with E-state index < -0.39 is 5.97 Å². The maximum absolute atomic E-state index is 10.8. The van der Waals surface area contributed by atoms with Gasteiger partial charge in [-0.15, -0.1) is 0 Å². The molecule has 0 atom stereocenters. The van der Waals surface area contributed by atoms with Gasteiger partial charge in [0.2, 0.25) is 0 Å². The van der Waals surface area contributed by atoms with Gasteiger partial charge in [-0.1, -0.05) is 48.6 Å². The van der Waals surface area contributed by atoms with E-state index in [-0.39, 0.29) is 11.3 Å². The fourth-order valence-electron chi connectivity index (χ4n) is 1.94. The summed E-state index contributed by atoms with van der Waals surface area (Å²) in [7, 11) is 1.55. The summed E-state index contributed by atoms with van der Waals surface area (Å²) in [6, 6.07) is 15.1. The van der Waals surface area contributed by atoms with Crippen LogP contribution in [0.5, 0.6) is 11.5 Å². The fourth-order valence-corrected chi connectivity index (χ4v) is 2.10. The van der Waals surface area contributed by atoms with Crippen molar-refractivity contribution in [3.63, 3.8) is 0 Å². The Bertz CT molecular complexity index is 668. The number of hydrogen-bond donors (Lipinski definition) is 1. The zero-order valence-corrected chi connectivity index (χ0v) is 12.9. The van der Waals surface area contributed by atoms with Gasteiger partial charge in [0, 0.05) is 6.42 Å². The quantitative estimate of drug-likeness (QED) is 0.795.